The van der Waals surface area contributed by atoms with Gasteiger partial charge >= 0.3 is 5.97 Å². The van der Waals surface area contributed by atoms with Crippen molar-refractivity contribution in [1.29, 1.82) is 0 Å². The van der Waals surface area contributed by atoms with Crippen LogP contribution in [0.5, 0.6) is 23.0 Å². The molecule has 0 aliphatic carbocycles. The lowest BCUT2D eigenvalue weighted by molar-refractivity contribution is -0.123. The van der Waals surface area contributed by atoms with E-state index in [0.717, 1.165) is 0 Å². The van der Waals surface area contributed by atoms with Gasteiger partial charge in [-0.05, 0) is 67.1 Å². The summed E-state index contributed by atoms with van der Waals surface area (Å²) < 4.78 is 21.5. The molecule has 3 rings (SSSR count). The van der Waals surface area contributed by atoms with Crippen LogP contribution in [0.2, 0.25) is 0 Å². The average Bonchev–Trinajstić information content (AvgIpc) is 2.85. The first-order chi connectivity index (χ1) is 16.1. The highest BCUT2D eigenvalue weighted by molar-refractivity contribution is 5.91. The molecule has 0 unspecified atom stereocenters. The van der Waals surface area contributed by atoms with E-state index in [1.165, 1.54) is 6.21 Å². The van der Waals surface area contributed by atoms with E-state index in [1.54, 1.807) is 73.8 Å². The Hall–Kier alpha value is -4.33. The fraction of sp³-hybridized carbons (Fsp3) is 0.160. The Balaban J connectivity index is 1.56. The molecule has 0 saturated heterocycles. The van der Waals surface area contributed by atoms with Crippen molar-refractivity contribution >= 4 is 18.1 Å². The third kappa shape index (κ3) is 7.10. The first-order valence-corrected chi connectivity index (χ1v) is 10.2. The maximum Gasteiger partial charge on any atom is 0.343 e. The van der Waals surface area contributed by atoms with Crippen LogP contribution in [0.3, 0.4) is 0 Å². The highest BCUT2D eigenvalue weighted by atomic mass is 16.6. The van der Waals surface area contributed by atoms with Gasteiger partial charge in [-0.2, -0.15) is 5.10 Å². The number of rotatable bonds is 10. The third-order valence-electron chi connectivity index (χ3n) is 4.31. The molecule has 3 aromatic carbocycles. The van der Waals surface area contributed by atoms with E-state index in [2.05, 4.69) is 10.5 Å². The van der Waals surface area contributed by atoms with E-state index >= 15 is 0 Å². The van der Waals surface area contributed by atoms with Crippen LogP contribution in [0, 0.1) is 0 Å². The number of hydrogen-bond acceptors (Lipinski definition) is 7. The molecule has 8 nitrogen and oxygen atoms in total. The second kappa shape index (κ2) is 11.9. The lowest BCUT2D eigenvalue weighted by atomic mass is 10.2. The van der Waals surface area contributed by atoms with E-state index < -0.39 is 11.9 Å². The van der Waals surface area contributed by atoms with Gasteiger partial charge in [0.05, 0.1) is 25.5 Å². The molecular weight excluding hydrogens is 424 g/mol. The first kappa shape index (κ1) is 23.3. The predicted molar refractivity (Wildman–Crippen MR) is 123 cm³/mol. The predicted octanol–water partition coefficient (Wildman–Crippen LogP) is 3.84. The van der Waals surface area contributed by atoms with Crippen molar-refractivity contribution in [2.24, 2.45) is 5.10 Å². The van der Waals surface area contributed by atoms with Crippen LogP contribution >= 0.6 is 0 Å². The molecule has 0 bridgehead atoms. The fourth-order valence-electron chi connectivity index (χ4n) is 2.72. The molecule has 0 radical (unpaired) electrons. The number of benzene rings is 3. The van der Waals surface area contributed by atoms with Crippen molar-refractivity contribution in [3.05, 3.63) is 83.9 Å². The molecule has 0 heterocycles. The number of methoxy groups -OCH3 is 1. The number of hydrazone groups is 1. The Kier molecular flexibility index (Phi) is 8.41. The monoisotopic (exact) mass is 448 g/mol. The molecule has 33 heavy (non-hydrogen) atoms. The van der Waals surface area contributed by atoms with Crippen LogP contribution in [0.15, 0.2) is 77.9 Å². The summed E-state index contributed by atoms with van der Waals surface area (Å²) in [7, 11) is 1.57. The second-order valence-electron chi connectivity index (χ2n) is 6.65. The Bertz CT molecular complexity index is 1100. The number of amides is 1. The minimum absolute atomic E-state index is 0.192. The van der Waals surface area contributed by atoms with Crippen LogP contribution in [0.4, 0.5) is 0 Å². The first-order valence-electron chi connectivity index (χ1n) is 10.2. The summed E-state index contributed by atoms with van der Waals surface area (Å²) in [6.45, 7) is 2.02. The molecule has 0 aliphatic rings. The van der Waals surface area contributed by atoms with Crippen LogP contribution in [0.1, 0.15) is 22.8 Å². The van der Waals surface area contributed by atoms with E-state index in [4.69, 9.17) is 18.9 Å². The summed E-state index contributed by atoms with van der Waals surface area (Å²) >= 11 is 0. The highest BCUT2D eigenvalue weighted by Crippen LogP contribution is 2.29. The van der Waals surface area contributed by atoms with Gasteiger partial charge in [-0.25, -0.2) is 10.2 Å². The SMILES string of the molecule is CCOc1cc(/C=N/NC(=O)COc2ccc(OC)cc2)ccc1OC(=O)c1ccccc1. The molecule has 0 atom stereocenters. The van der Waals surface area contributed by atoms with Gasteiger partial charge in [0.15, 0.2) is 18.1 Å². The largest absolute Gasteiger partial charge is 0.497 e. The molecule has 0 saturated carbocycles. The summed E-state index contributed by atoms with van der Waals surface area (Å²) in [5.74, 6) is 1.02. The molecule has 1 amide bonds. The Morgan fingerprint density at radius 1 is 0.909 bits per heavy atom. The number of hydrogen-bond donors (Lipinski definition) is 1. The van der Waals surface area contributed by atoms with Gasteiger partial charge in [0.2, 0.25) is 0 Å². The van der Waals surface area contributed by atoms with Crippen LogP contribution in [0.25, 0.3) is 0 Å². The number of esters is 1. The summed E-state index contributed by atoms with van der Waals surface area (Å²) in [5, 5.41) is 3.93. The van der Waals surface area contributed by atoms with Crippen LogP contribution in [-0.2, 0) is 4.79 Å². The number of carbonyl (C=O) groups excluding carboxylic acids is 2. The Morgan fingerprint density at radius 3 is 2.33 bits per heavy atom. The summed E-state index contributed by atoms with van der Waals surface area (Å²) in [6.07, 6.45) is 1.45. The summed E-state index contributed by atoms with van der Waals surface area (Å²) in [5.41, 5.74) is 3.48. The van der Waals surface area contributed by atoms with Gasteiger partial charge in [-0.1, -0.05) is 18.2 Å². The van der Waals surface area contributed by atoms with E-state index in [0.29, 0.717) is 40.7 Å². The fourth-order valence-corrected chi connectivity index (χ4v) is 2.72. The third-order valence-corrected chi connectivity index (χ3v) is 4.31. The van der Waals surface area contributed by atoms with Crippen molar-refractivity contribution in [2.75, 3.05) is 20.3 Å². The maximum atomic E-state index is 12.3. The molecule has 0 aromatic heterocycles. The summed E-state index contributed by atoms with van der Waals surface area (Å²) in [6, 6.07) is 20.5. The molecular formula is C25H24N2O6. The van der Waals surface area contributed by atoms with Gasteiger partial charge in [0.1, 0.15) is 11.5 Å². The minimum atomic E-state index is -0.484. The summed E-state index contributed by atoms with van der Waals surface area (Å²) in [4.78, 5) is 24.3. The number of nitrogens with one attached hydrogen (secondary N) is 1. The molecule has 0 fully saturated rings. The molecule has 3 aromatic rings. The zero-order chi connectivity index (χ0) is 23.5. The minimum Gasteiger partial charge on any atom is -0.497 e. The topological polar surface area (TPSA) is 95.5 Å². The van der Waals surface area contributed by atoms with Crippen molar-refractivity contribution in [3.63, 3.8) is 0 Å². The average molecular weight is 448 g/mol. The number of nitrogens with zero attached hydrogens (tertiary/aromatic N) is 1. The smallest absolute Gasteiger partial charge is 0.343 e. The van der Waals surface area contributed by atoms with Crippen molar-refractivity contribution < 1.29 is 28.5 Å². The normalized spacial score (nSPS) is 10.5. The van der Waals surface area contributed by atoms with Crippen molar-refractivity contribution in [3.8, 4) is 23.0 Å². The lowest BCUT2D eigenvalue weighted by Crippen LogP contribution is -2.24. The lowest BCUT2D eigenvalue weighted by Gasteiger charge is -2.11. The van der Waals surface area contributed by atoms with Gasteiger partial charge in [0.25, 0.3) is 5.91 Å². The van der Waals surface area contributed by atoms with E-state index in [9.17, 15) is 9.59 Å². The van der Waals surface area contributed by atoms with Gasteiger partial charge in [-0.15, -0.1) is 0 Å². The standard InChI is InChI=1S/C25H24N2O6/c1-3-31-23-15-18(9-14-22(23)33-25(29)19-7-5-4-6-8-19)16-26-27-24(28)17-32-21-12-10-20(30-2)11-13-21/h4-16H,3,17H2,1-2H3,(H,27,28)/b26-16+. The molecule has 8 heteroatoms. The second-order valence-corrected chi connectivity index (χ2v) is 6.65. The molecule has 1 N–H and O–H groups in total. The quantitative estimate of drug-likeness (QED) is 0.219. The molecule has 170 valence electrons. The van der Waals surface area contributed by atoms with Gasteiger partial charge in [0, 0.05) is 0 Å². The van der Waals surface area contributed by atoms with Crippen LogP contribution in [-0.4, -0.2) is 38.4 Å². The number of ether oxygens (including phenoxy) is 4. The zero-order valence-corrected chi connectivity index (χ0v) is 18.3. The van der Waals surface area contributed by atoms with Gasteiger partial charge < -0.3 is 18.9 Å². The Morgan fingerprint density at radius 2 is 1.64 bits per heavy atom. The van der Waals surface area contributed by atoms with E-state index in [1.807, 2.05) is 13.0 Å². The highest BCUT2D eigenvalue weighted by Gasteiger charge is 2.13. The van der Waals surface area contributed by atoms with Gasteiger partial charge in [-0.3, -0.25) is 4.79 Å². The van der Waals surface area contributed by atoms with E-state index in [-0.39, 0.29) is 6.61 Å². The van der Waals surface area contributed by atoms with Crippen molar-refractivity contribution in [2.45, 2.75) is 6.92 Å². The molecule has 0 spiro atoms. The number of carbonyl (C=O) groups is 2. The van der Waals surface area contributed by atoms with Crippen LogP contribution < -0.4 is 24.4 Å². The maximum absolute atomic E-state index is 12.3. The van der Waals surface area contributed by atoms with Crippen molar-refractivity contribution in [1.82, 2.24) is 5.43 Å². The zero-order valence-electron chi connectivity index (χ0n) is 18.3. The Labute approximate surface area is 191 Å². The molecule has 0 aliphatic heterocycles.